The maximum atomic E-state index is 11.2. The van der Waals surface area contributed by atoms with E-state index in [0.717, 1.165) is 0 Å². The topological polar surface area (TPSA) is 54.0 Å². The summed E-state index contributed by atoms with van der Waals surface area (Å²) in [5.41, 5.74) is 0.390. The summed E-state index contributed by atoms with van der Waals surface area (Å²) in [5.74, 6) is -0.389. The van der Waals surface area contributed by atoms with Gasteiger partial charge < -0.3 is 18.9 Å². The number of carbonyl (C=O) groups excluding carboxylic acids is 1. The Kier molecular flexibility index (Phi) is 10.6. The number of rotatable bonds is 11. The maximum Gasteiger partial charge on any atom is 0.333 e. The van der Waals surface area contributed by atoms with Crippen molar-refractivity contribution in [1.82, 2.24) is 0 Å². The molecule has 0 saturated heterocycles. The van der Waals surface area contributed by atoms with E-state index in [9.17, 15) is 4.79 Å². The second kappa shape index (κ2) is 11.2. The van der Waals surface area contributed by atoms with Crippen molar-refractivity contribution in [3.63, 3.8) is 0 Å². The molecule has 0 fully saturated rings. The van der Waals surface area contributed by atoms with Crippen LogP contribution in [0.25, 0.3) is 0 Å². The third kappa shape index (κ3) is 9.15. The van der Waals surface area contributed by atoms with Crippen LogP contribution in [0, 0.1) is 0 Å². The highest BCUT2D eigenvalue weighted by Crippen LogP contribution is 2.02. The molecule has 0 aromatic carbocycles. The Bertz CT molecular complexity index is 240. The van der Waals surface area contributed by atoms with Crippen LogP contribution in [0.1, 0.15) is 20.3 Å². The van der Waals surface area contributed by atoms with E-state index in [1.807, 2.05) is 6.92 Å². The number of methoxy groups -OCH3 is 1. The fourth-order valence-electron chi connectivity index (χ4n) is 1.20. The molecule has 0 rings (SSSR count). The minimum absolute atomic E-state index is 0.138. The fourth-order valence-corrected chi connectivity index (χ4v) is 1.20. The molecule has 5 nitrogen and oxygen atoms in total. The van der Waals surface area contributed by atoms with Crippen molar-refractivity contribution in [3.8, 4) is 0 Å². The van der Waals surface area contributed by atoms with Gasteiger partial charge in [-0.05, 0) is 13.8 Å². The first kappa shape index (κ1) is 17.1. The van der Waals surface area contributed by atoms with E-state index < -0.39 is 0 Å². The van der Waals surface area contributed by atoms with Gasteiger partial charge in [0.15, 0.2) is 0 Å². The van der Waals surface area contributed by atoms with Crippen molar-refractivity contribution in [2.75, 3.05) is 40.1 Å². The Morgan fingerprint density at radius 3 is 2.56 bits per heavy atom. The van der Waals surface area contributed by atoms with Gasteiger partial charge in [0.25, 0.3) is 0 Å². The lowest BCUT2D eigenvalue weighted by Crippen LogP contribution is -2.24. The largest absolute Gasteiger partial charge is 0.460 e. The van der Waals surface area contributed by atoms with Gasteiger partial charge in [0.1, 0.15) is 6.61 Å². The van der Waals surface area contributed by atoms with E-state index in [2.05, 4.69) is 6.58 Å². The molecule has 106 valence electrons. The first-order valence-electron chi connectivity index (χ1n) is 6.12. The van der Waals surface area contributed by atoms with Crippen molar-refractivity contribution in [3.05, 3.63) is 12.2 Å². The molecule has 0 aliphatic carbocycles. The molecule has 5 heteroatoms. The third-order valence-corrected chi connectivity index (χ3v) is 2.17. The van der Waals surface area contributed by atoms with E-state index in [0.29, 0.717) is 38.4 Å². The summed E-state index contributed by atoms with van der Waals surface area (Å²) >= 11 is 0. The number of ether oxygens (including phenoxy) is 4. The van der Waals surface area contributed by atoms with Crippen LogP contribution in [0.2, 0.25) is 0 Å². The molecule has 0 bridgehead atoms. The molecule has 0 radical (unpaired) electrons. The summed E-state index contributed by atoms with van der Waals surface area (Å²) < 4.78 is 20.7. The van der Waals surface area contributed by atoms with Crippen molar-refractivity contribution in [2.45, 2.75) is 26.4 Å². The summed E-state index contributed by atoms with van der Waals surface area (Å²) in [4.78, 5) is 11.2. The Hall–Kier alpha value is -0.910. The fraction of sp³-hybridized carbons (Fsp3) is 0.769. The molecule has 18 heavy (non-hydrogen) atoms. The van der Waals surface area contributed by atoms with Crippen molar-refractivity contribution < 1.29 is 23.7 Å². The Labute approximate surface area is 109 Å². The van der Waals surface area contributed by atoms with Gasteiger partial charge in [-0.2, -0.15) is 0 Å². The molecular formula is C13H24O5. The maximum absolute atomic E-state index is 11.2. The summed E-state index contributed by atoms with van der Waals surface area (Å²) in [6.45, 7) is 9.53. The second-order valence-electron chi connectivity index (χ2n) is 3.85. The molecule has 0 N–H and O–H groups in total. The first-order valence-corrected chi connectivity index (χ1v) is 6.12. The highest BCUT2D eigenvalue weighted by atomic mass is 16.6. The van der Waals surface area contributed by atoms with Crippen LogP contribution in [-0.4, -0.2) is 52.2 Å². The highest BCUT2D eigenvalue weighted by molar-refractivity contribution is 5.86. The lowest BCUT2D eigenvalue weighted by atomic mass is 10.3. The van der Waals surface area contributed by atoms with E-state index >= 15 is 0 Å². The van der Waals surface area contributed by atoms with Crippen molar-refractivity contribution in [1.29, 1.82) is 0 Å². The average molecular weight is 260 g/mol. The van der Waals surface area contributed by atoms with Crippen LogP contribution in [-0.2, 0) is 23.7 Å². The minimum Gasteiger partial charge on any atom is -0.460 e. The van der Waals surface area contributed by atoms with Gasteiger partial charge in [-0.25, -0.2) is 4.79 Å². The molecular weight excluding hydrogens is 236 g/mol. The molecule has 1 atom stereocenters. The second-order valence-corrected chi connectivity index (χ2v) is 3.85. The van der Waals surface area contributed by atoms with Crippen LogP contribution >= 0.6 is 0 Å². The van der Waals surface area contributed by atoms with E-state index in [4.69, 9.17) is 18.9 Å². The summed E-state index contributed by atoms with van der Waals surface area (Å²) in [6.07, 6.45) is 0.543. The average Bonchev–Trinajstić information content (AvgIpc) is 2.34. The van der Waals surface area contributed by atoms with Gasteiger partial charge in [0.05, 0.1) is 19.3 Å². The van der Waals surface area contributed by atoms with Crippen LogP contribution in [0.5, 0.6) is 0 Å². The Morgan fingerprint density at radius 2 is 2.00 bits per heavy atom. The Morgan fingerprint density at radius 1 is 1.28 bits per heavy atom. The zero-order chi connectivity index (χ0) is 13.8. The molecule has 0 saturated carbocycles. The molecule has 0 aromatic heterocycles. The Balaban J connectivity index is 3.77. The van der Waals surface area contributed by atoms with Gasteiger partial charge in [-0.15, -0.1) is 0 Å². The highest BCUT2D eigenvalue weighted by Gasteiger charge is 2.12. The first-order chi connectivity index (χ1) is 8.61. The molecule has 0 spiro atoms. The van der Waals surface area contributed by atoms with Crippen molar-refractivity contribution in [2.24, 2.45) is 0 Å². The lowest BCUT2D eigenvalue weighted by Gasteiger charge is -2.17. The number of hydrogen-bond donors (Lipinski definition) is 0. The van der Waals surface area contributed by atoms with Gasteiger partial charge >= 0.3 is 5.97 Å². The zero-order valence-electron chi connectivity index (χ0n) is 11.6. The summed E-state index contributed by atoms with van der Waals surface area (Å²) in [7, 11) is 1.63. The molecule has 0 aliphatic rings. The molecule has 0 aromatic rings. The van der Waals surface area contributed by atoms with Gasteiger partial charge in [-0.3, -0.25) is 0 Å². The number of hydrogen-bond acceptors (Lipinski definition) is 5. The standard InChI is InChI=1S/C13H24O5/c1-5-17-12(6-7-16-9-8-15-4)10-18-13(14)11(2)3/h12H,2,5-10H2,1,3-4H3. The van der Waals surface area contributed by atoms with Gasteiger partial charge in [0, 0.05) is 32.3 Å². The molecule has 0 heterocycles. The number of carbonyl (C=O) groups is 1. The van der Waals surface area contributed by atoms with E-state index in [1.165, 1.54) is 0 Å². The van der Waals surface area contributed by atoms with Crippen LogP contribution < -0.4 is 0 Å². The normalized spacial score (nSPS) is 12.2. The summed E-state index contributed by atoms with van der Waals surface area (Å²) in [5, 5.41) is 0. The zero-order valence-corrected chi connectivity index (χ0v) is 11.6. The minimum atomic E-state index is -0.389. The van der Waals surface area contributed by atoms with E-state index in [1.54, 1.807) is 14.0 Å². The van der Waals surface area contributed by atoms with Crippen LogP contribution in [0.15, 0.2) is 12.2 Å². The molecule has 0 amide bonds. The molecule has 1 unspecified atom stereocenters. The third-order valence-electron chi connectivity index (χ3n) is 2.17. The van der Waals surface area contributed by atoms with Gasteiger partial charge in [-0.1, -0.05) is 6.58 Å². The smallest absolute Gasteiger partial charge is 0.333 e. The van der Waals surface area contributed by atoms with Crippen LogP contribution in [0.3, 0.4) is 0 Å². The van der Waals surface area contributed by atoms with E-state index in [-0.39, 0.29) is 18.7 Å². The number of esters is 1. The quantitative estimate of drug-likeness (QED) is 0.320. The molecule has 0 aliphatic heterocycles. The summed E-state index contributed by atoms with van der Waals surface area (Å²) in [6, 6.07) is 0. The van der Waals surface area contributed by atoms with Crippen molar-refractivity contribution >= 4 is 5.97 Å². The monoisotopic (exact) mass is 260 g/mol. The predicted molar refractivity (Wildman–Crippen MR) is 68.5 cm³/mol. The lowest BCUT2D eigenvalue weighted by molar-refractivity contribution is -0.143. The SMILES string of the molecule is C=C(C)C(=O)OCC(CCOCCOC)OCC. The van der Waals surface area contributed by atoms with Crippen LogP contribution in [0.4, 0.5) is 0 Å². The predicted octanol–water partition coefficient (Wildman–Crippen LogP) is 1.56. The van der Waals surface area contributed by atoms with Gasteiger partial charge in [0.2, 0.25) is 0 Å².